The molecule has 0 aromatic heterocycles. The van der Waals surface area contributed by atoms with E-state index < -0.39 is 21.5 Å². The van der Waals surface area contributed by atoms with Crippen molar-refractivity contribution in [2.75, 3.05) is 7.11 Å². The Hall–Kier alpha value is -0.0400. The van der Waals surface area contributed by atoms with Crippen LogP contribution in [0.3, 0.4) is 0 Å². The molecule has 1 amide bonds. The van der Waals surface area contributed by atoms with Crippen LogP contribution in [0, 0.1) is 0 Å². The Labute approximate surface area is 51.4 Å². The van der Waals surface area contributed by atoms with Crippen LogP contribution in [0.4, 0.5) is 0 Å². The largest absolute Gasteiger partial charge is 0.303 e. The van der Waals surface area contributed by atoms with Gasteiger partial charge in [0.1, 0.15) is 0 Å². The third-order valence-corrected chi connectivity index (χ3v) is 1.33. The second-order valence-corrected chi connectivity index (χ2v) is 1.97. The second kappa shape index (κ2) is 4.13. The Bertz CT molecular complexity index is 67.3. The first-order valence-electron chi connectivity index (χ1n) is 1.41. The molecule has 0 bridgehead atoms. The first kappa shape index (κ1) is 6.96. The van der Waals surface area contributed by atoms with Gasteiger partial charge in [-0.05, 0) is 0 Å². The first-order chi connectivity index (χ1) is 3.35. The predicted molar refractivity (Wildman–Crippen MR) is 29.6 cm³/mol. The molecule has 0 rings (SSSR count). The summed E-state index contributed by atoms with van der Waals surface area (Å²) >= 11 is -1.47. The highest BCUT2D eigenvalue weighted by Crippen LogP contribution is 1.98. The topological polar surface area (TPSA) is 46.6 Å². The lowest BCUT2D eigenvalue weighted by molar-refractivity contribution is -0.131. The van der Waals surface area contributed by atoms with Gasteiger partial charge in [-0.2, -0.15) is 0 Å². The molecule has 0 aromatic carbocycles. The molecule has 0 spiro atoms. The lowest BCUT2D eigenvalue weighted by atomic mass is 11.4. The van der Waals surface area contributed by atoms with Gasteiger partial charge in [-0.25, -0.2) is 3.07 Å². The van der Waals surface area contributed by atoms with Crippen LogP contribution in [0.15, 0.2) is 0 Å². The standard InChI is InChI=1S/C2H4INO3/c1-7-4(2-5)3-6/h2H,1H3. The molecule has 0 aliphatic carbocycles. The number of hydroxylamine groups is 1. The normalized spacial score (nSPS) is 8.14. The fourth-order valence-electron chi connectivity index (χ4n) is 0.0875. The van der Waals surface area contributed by atoms with E-state index in [1.807, 2.05) is 0 Å². The van der Waals surface area contributed by atoms with Crippen LogP contribution < -0.4 is 0 Å². The first-order valence-corrected chi connectivity index (χ1v) is 3.25. The highest BCUT2D eigenvalue weighted by Gasteiger charge is 1.91. The zero-order chi connectivity index (χ0) is 5.70. The summed E-state index contributed by atoms with van der Waals surface area (Å²) in [5.41, 5.74) is 0. The molecule has 0 saturated carbocycles. The minimum atomic E-state index is -1.47. The molecular weight excluding hydrogens is 213 g/mol. The van der Waals surface area contributed by atoms with Crippen molar-refractivity contribution in [1.29, 1.82) is 0 Å². The molecule has 0 aliphatic rings. The van der Waals surface area contributed by atoms with E-state index in [1.54, 1.807) is 0 Å². The van der Waals surface area contributed by atoms with Gasteiger partial charge in [0.25, 0.3) is 0 Å². The van der Waals surface area contributed by atoms with Gasteiger partial charge in [0.05, 0.1) is 7.11 Å². The molecule has 4 nitrogen and oxygen atoms in total. The highest BCUT2D eigenvalue weighted by atomic mass is 127. The Morgan fingerprint density at radius 1 is 1.86 bits per heavy atom. The number of rotatable bonds is 3. The summed E-state index contributed by atoms with van der Waals surface area (Å²) in [5.74, 6) is 0. The maximum Gasteiger partial charge on any atom is 0.303 e. The Morgan fingerprint density at radius 3 is 2.43 bits per heavy atom. The van der Waals surface area contributed by atoms with Crippen LogP contribution in [0.5, 0.6) is 0 Å². The SMILES string of the molecule is CON(C=O)I=O. The molecule has 0 saturated heterocycles. The number of hydrogen-bond donors (Lipinski definition) is 0. The smallest absolute Gasteiger partial charge is 0.275 e. The van der Waals surface area contributed by atoms with E-state index in [1.165, 1.54) is 7.11 Å². The number of nitrogens with zero attached hydrogens (tertiary/aromatic N) is 1. The monoisotopic (exact) mass is 217 g/mol. The van der Waals surface area contributed by atoms with Crippen molar-refractivity contribution in [2.24, 2.45) is 0 Å². The van der Waals surface area contributed by atoms with Crippen molar-refractivity contribution in [1.82, 2.24) is 3.28 Å². The van der Waals surface area contributed by atoms with Gasteiger partial charge in [0.2, 0.25) is 6.41 Å². The van der Waals surface area contributed by atoms with Crippen molar-refractivity contribution >= 4 is 27.9 Å². The molecular formula is C2H4INO3. The van der Waals surface area contributed by atoms with E-state index in [4.69, 9.17) is 0 Å². The van der Waals surface area contributed by atoms with Crippen molar-refractivity contribution in [3.8, 4) is 0 Å². The number of halogens is 1. The van der Waals surface area contributed by atoms with E-state index in [9.17, 15) is 7.86 Å². The summed E-state index contributed by atoms with van der Waals surface area (Å²) < 4.78 is 10.5. The van der Waals surface area contributed by atoms with Crippen molar-refractivity contribution in [3.05, 3.63) is 0 Å². The van der Waals surface area contributed by atoms with Gasteiger partial charge in [-0.15, -0.1) is 3.28 Å². The molecule has 0 N–H and O–H groups in total. The van der Waals surface area contributed by atoms with E-state index in [0.717, 1.165) is 3.28 Å². The van der Waals surface area contributed by atoms with Crippen molar-refractivity contribution < 1.29 is 12.7 Å². The summed E-state index contributed by atoms with van der Waals surface area (Å²) in [4.78, 5) is 13.8. The van der Waals surface area contributed by atoms with E-state index in [2.05, 4.69) is 4.84 Å². The number of hydrogen-bond acceptors (Lipinski definition) is 3. The predicted octanol–water partition coefficient (Wildman–Crippen LogP) is 0.237. The zero-order valence-electron chi connectivity index (χ0n) is 3.63. The number of carbonyl (C=O) groups excluding carboxylic acids is 1. The zero-order valence-corrected chi connectivity index (χ0v) is 5.78. The van der Waals surface area contributed by atoms with Gasteiger partial charge < -0.3 is 0 Å². The number of amides is 1. The van der Waals surface area contributed by atoms with Gasteiger partial charge in [0, 0.05) is 0 Å². The van der Waals surface area contributed by atoms with Crippen LogP contribution in [-0.2, 0) is 12.7 Å². The Morgan fingerprint density at radius 2 is 2.43 bits per heavy atom. The van der Waals surface area contributed by atoms with Crippen molar-refractivity contribution in [2.45, 2.75) is 0 Å². The minimum Gasteiger partial charge on any atom is -0.275 e. The quantitative estimate of drug-likeness (QED) is 0.294. The van der Waals surface area contributed by atoms with Gasteiger partial charge >= 0.3 is 21.5 Å². The maximum absolute atomic E-state index is 9.77. The van der Waals surface area contributed by atoms with E-state index in [0.29, 0.717) is 6.41 Å². The molecule has 5 heteroatoms. The molecule has 0 heterocycles. The fourth-order valence-corrected chi connectivity index (χ4v) is 0.341. The molecule has 0 aromatic rings. The molecule has 0 unspecified atom stereocenters. The van der Waals surface area contributed by atoms with E-state index in [-0.39, 0.29) is 0 Å². The molecule has 0 fully saturated rings. The third kappa shape index (κ3) is 2.63. The number of carbonyl (C=O) groups is 1. The highest BCUT2D eigenvalue weighted by molar-refractivity contribution is 14.1. The average molecular weight is 217 g/mol. The Balaban J connectivity index is 3.36. The van der Waals surface area contributed by atoms with Gasteiger partial charge in [0.15, 0.2) is 0 Å². The van der Waals surface area contributed by atoms with Crippen LogP contribution in [0.1, 0.15) is 0 Å². The minimum absolute atomic E-state index is 0.375. The molecule has 42 valence electrons. The molecule has 0 radical (unpaired) electrons. The molecule has 0 aliphatic heterocycles. The summed E-state index contributed by atoms with van der Waals surface area (Å²) in [6, 6.07) is 0. The lowest BCUT2D eigenvalue weighted by Crippen LogP contribution is -2.05. The van der Waals surface area contributed by atoms with Crippen LogP contribution in [0.2, 0.25) is 0 Å². The summed E-state index contributed by atoms with van der Waals surface area (Å²) in [7, 11) is 1.28. The Kier molecular flexibility index (Phi) is 4.10. The summed E-state index contributed by atoms with van der Waals surface area (Å²) in [6.07, 6.45) is 0.375. The van der Waals surface area contributed by atoms with Gasteiger partial charge in [-0.3, -0.25) is 9.63 Å². The lowest BCUT2D eigenvalue weighted by Gasteiger charge is -1.97. The molecule has 7 heavy (non-hydrogen) atoms. The van der Waals surface area contributed by atoms with Crippen LogP contribution in [0.25, 0.3) is 0 Å². The average Bonchev–Trinajstić information content (AvgIpc) is 1.72. The molecule has 0 atom stereocenters. The van der Waals surface area contributed by atoms with Crippen LogP contribution >= 0.6 is 21.5 Å². The van der Waals surface area contributed by atoms with Crippen molar-refractivity contribution in [3.63, 3.8) is 0 Å². The summed E-state index contributed by atoms with van der Waals surface area (Å²) in [5, 5.41) is 0. The summed E-state index contributed by atoms with van der Waals surface area (Å²) in [6.45, 7) is 0. The van der Waals surface area contributed by atoms with Gasteiger partial charge in [-0.1, -0.05) is 0 Å². The third-order valence-electron chi connectivity index (χ3n) is 0.325. The maximum atomic E-state index is 9.77. The van der Waals surface area contributed by atoms with E-state index >= 15 is 0 Å². The second-order valence-electron chi connectivity index (χ2n) is 0.629. The fraction of sp³-hybridized carbons (Fsp3) is 0.500. The van der Waals surface area contributed by atoms with Crippen LogP contribution in [-0.4, -0.2) is 16.8 Å².